The Kier molecular flexibility index (Phi) is 4.61. The molecule has 0 spiro atoms. The van der Waals surface area contributed by atoms with Crippen LogP contribution in [0.1, 0.15) is 11.1 Å². The predicted octanol–water partition coefficient (Wildman–Crippen LogP) is 4.25. The fourth-order valence-corrected chi connectivity index (χ4v) is 2.62. The highest BCUT2D eigenvalue weighted by molar-refractivity contribution is 6.35. The third kappa shape index (κ3) is 3.78. The van der Waals surface area contributed by atoms with Crippen molar-refractivity contribution in [1.82, 2.24) is 14.8 Å². The summed E-state index contributed by atoms with van der Waals surface area (Å²) in [5.74, 6) is 0. The van der Waals surface area contributed by atoms with Crippen LogP contribution in [0.5, 0.6) is 0 Å². The van der Waals surface area contributed by atoms with E-state index in [1.54, 1.807) is 17.1 Å². The molecule has 1 N–H and O–H groups in total. The Morgan fingerprint density at radius 1 is 1.09 bits per heavy atom. The third-order valence-corrected chi connectivity index (χ3v) is 3.82. The number of aromatic nitrogens is 3. The van der Waals surface area contributed by atoms with Crippen molar-refractivity contribution >= 4 is 28.9 Å². The zero-order valence-electron chi connectivity index (χ0n) is 11.7. The van der Waals surface area contributed by atoms with Crippen LogP contribution in [0, 0.1) is 0 Å². The number of rotatable bonds is 5. The zero-order chi connectivity index (χ0) is 15.4. The minimum absolute atomic E-state index is 0.642. The van der Waals surface area contributed by atoms with Crippen molar-refractivity contribution in [3.63, 3.8) is 0 Å². The van der Waals surface area contributed by atoms with Gasteiger partial charge in [-0.05, 0) is 35.4 Å². The molecule has 112 valence electrons. The van der Waals surface area contributed by atoms with Gasteiger partial charge in [0.05, 0.1) is 6.54 Å². The predicted molar refractivity (Wildman–Crippen MR) is 89.4 cm³/mol. The Balaban J connectivity index is 1.67. The van der Waals surface area contributed by atoms with Gasteiger partial charge in [-0.2, -0.15) is 5.10 Å². The van der Waals surface area contributed by atoms with Gasteiger partial charge in [0, 0.05) is 22.3 Å². The van der Waals surface area contributed by atoms with Gasteiger partial charge < -0.3 is 5.32 Å². The molecule has 0 aliphatic rings. The Morgan fingerprint density at radius 2 is 2.00 bits per heavy atom. The lowest BCUT2D eigenvalue weighted by Gasteiger charge is -2.10. The van der Waals surface area contributed by atoms with Gasteiger partial charge in [-0.3, -0.25) is 0 Å². The summed E-state index contributed by atoms with van der Waals surface area (Å²) in [6, 6.07) is 13.7. The number of nitrogens with one attached hydrogen (secondary N) is 1. The van der Waals surface area contributed by atoms with Crippen LogP contribution in [0.15, 0.2) is 55.1 Å². The summed E-state index contributed by atoms with van der Waals surface area (Å²) in [5.41, 5.74) is 3.19. The van der Waals surface area contributed by atoms with E-state index in [0.29, 0.717) is 23.1 Å². The normalized spacial score (nSPS) is 10.6. The number of hydrogen-bond acceptors (Lipinski definition) is 3. The molecule has 0 amide bonds. The van der Waals surface area contributed by atoms with Gasteiger partial charge in [0.2, 0.25) is 0 Å². The van der Waals surface area contributed by atoms with E-state index in [9.17, 15) is 0 Å². The third-order valence-electron chi connectivity index (χ3n) is 3.24. The molecule has 1 aromatic heterocycles. The van der Waals surface area contributed by atoms with Gasteiger partial charge in [0.25, 0.3) is 0 Å². The van der Waals surface area contributed by atoms with Gasteiger partial charge in [0.15, 0.2) is 0 Å². The lowest BCUT2D eigenvalue weighted by molar-refractivity contribution is 0.685. The maximum absolute atomic E-state index is 6.18. The smallest absolute Gasteiger partial charge is 0.137 e. The largest absolute Gasteiger partial charge is 0.381 e. The van der Waals surface area contributed by atoms with E-state index < -0.39 is 0 Å². The summed E-state index contributed by atoms with van der Waals surface area (Å²) in [6.07, 6.45) is 3.23. The number of halogens is 2. The highest BCUT2D eigenvalue weighted by Crippen LogP contribution is 2.22. The molecule has 0 aliphatic heterocycles. The second-order valence-electron chi connectivity index (χ2n) is 4.88. The molecule has 6 heteroatoms. The van der Waals surface area contributed by atoms with E-state index >= 15 is 0 Å². The Hall–Kier alpha value is -2.04. The van der Waals surface area contributed by atoms with Crippen molar-refractivity contribution in [2.24, 2.45) is 0 Å². The quantitative estimate of drug-likeness (QED) is 0.759. The molecule has 4 nitrogen and oxygen atoms in total. The summed E-state index contributed by atoms with van der Waals surface area (Å²) in [4.78, 5) is 3.94. The highest BCUT2D eigenvalue weighted by Gasteiger charge is 2.02. The molecule has 1 heterocycles. The molecule has 3 rings (SSSR count). The molecule has 0 atom stereocenters. The summed E-state index contributed by atoms with van der Waals surface area (Å²) in [5, 5.41) is 8.79. The minimum atomic E-state index is 0.642. The average Bonchev–Trinajstić information content (AvgIpc) is 3.00. The van der Waals surface area contributed by atoms with Crippen LogP contribution in [-0.4, -0.2) is 14.8 Å². The monoisotopic (exact) mass is 332 g/mol. The maximum atomic E-state index is 6.18. The molecule has 2 aromatic carbocycles. The summed E-state index contributed by atoms with van der Waals surface area (Å²) in [6.45, 7) is 1.33. The van der Waals surface area contributed by atoms with Crippen molar-refractivity contribution in [2.75, 3.05) is 5.32 Å². The van der Waals surface area contributed by atoms with Crippen LogP contribution >= 0.6 is 23.2 Å². The van der Waals surface area contributed by atoms with Crippen LogP contribution in [0.3, 0.4) is 0 Å². The van der Waals surface area contributed by atoms with E-state index in [0.717, 1.165) is 16.8 Å². The van der Waals surface area contributed by atoms with Crippen molar-refractivity contribution < 1.29 is 0 Å². The molecule has 0 aliphatic carbocycles. The van der Waals surface area contributed by atoms with Crippen LogP contribution in [0.2, 0.25) is 10.0 Å². The lowest BCUT2D eigenvalue weighted by Crippen LogP contribution is -2.03. The summed E-state index contributed by atoms with van der Waals surface area (Å²) >= 11 is 12.1. The highest BCUT2D eigenvalue weighted by atomic mass is 35.5. The molecule has 0 saturated heterocycles. The van der Waals surface area contributed by atoms with Crippen molar-refractivity contribution in [2.45, 2.75) is 13.1 Å². The SMILES string of the molecule is Clc1ccc(CNc2cccc(Cn3cncn3)c2)c(Cl)c1. The molecule has 3 aromatic rings. The number of benzene rings is 2. The van der Waals surface area contributed by atoms with Crippen LogP contribution in [0.25, 0.3) is 0 Å². The molecular weight excluding hydrogens is 319 g/mol. The lowest BCUT2D eigenvalue weighted by atomic mass is 10.2. The van der Waals surface area contributed by atoms with E-state index in [-0.39, 0.29) is 0 Å². The molecule has 0 radical (unpaired) electrons. The number of anilines is 1. The first-order valence-electron chi connectivity index (χ1n) is 6.80. The van der Waals surface area contributed by atoms with Crippen LogP contribution in [0.4, 0.5) is 5.69 Å². The molecule has 0 unspecified atom stereocenters. The zero-order valence-corrected chi connectivity index (χ0v) is 13.2. The van der Waals surface area contributed by atoms with Gasteiger partial charge in [0.1, 0.15) is 12.7 Å². The summed E-state index contributed by atoms with van der Waals surface area (Å²) < 4.78 is 1.79. The second kappa shape index (κ2) is 6.81. The molecule has 22 heavy (non-hydrogen) atoms. The van der Waals surface area contributed by atoms with E-state index in [1.165, 1.54) is 6.33 Å². The first kappa shape index (κ1) is 14.9. The topological polar surface area (TPSA) is 42.7 Å². The van der Waals surface area contributed by atoms with E-state index in [1.807, 2.05) is 24.3 Å². The summed E-state index contributed by atoms with van der Waals surface area (Å²) in [7, 11) is 0. The van der Waals surface area contributed by atoms with Crippen molar-refractivity contribution in [1.29, 1.82) is 0 Å². The Bertz CT molecular complexity index is 757. The molecule has 0 fully saturated rings. The second-order valence-corrected chi connectivity index (χ2v) is 5.73. The first-order chi connectivity index (χ1) is 10.7. The average molecular weight is 333 g/mol. The van der Waals surface area contributed by atoms with Gasteiger partial charge >= 0.3 is 0 Å². The van der Waals surface area contributed by atoms with Crippen molar-refractivity contribution in [3.05, 3.63) is 76.3 Å². The van der Waals surface area contributed by atoms with E-state index in [2.05, 4.69) is 27.5 Å². The Morgan fingerprint density at radius 3 is 2.77 bits per heavy atom. The first-order valence-corrected chi connectivity index (χ1v) is 7.55. The maximum Gasteiger partial charge on any atom is 0.137 e. The molecule has 0 bridgehead atoms. The van der Waals surface area contributed by atoms with Gasteiger partial charge in [-0.15, -0.1) is 0 Å². The standard InChI is InChI=1S/C16H14Cl2N4/c17-14-5-4-13(16(18)7-14)8-20-15-3-1-2-12(6-15)9-22-11-19-10-21-22/h1-7,10-11,20H,8-9H2. The van der Waals surface area contributed by atoms with E-state index in [4.69, 9.17) is 23.2 Å². The number of hydrogen-bond donors (Lipinski definition) is 1. The Labute approximate surface area is 138 Å². The number of nitrogens with zero attached hydrogens (tertiary/aromatic N) is 3. The molecule has 0 saturated carbocycles. The van der Waals surface area contributed by atoms with Crippen LogP contribution in [-0.2, 0) is 13.1 Å². The van der Waals surface area contributed by atoms with Crippen molar-refractivity contribution in [3.8, 4) is 0 Å². The fourth-order valence-electron chi connectivity index (χ4n) is 2.14. The molecular formula is C16H14Cl2N4. The van der Waals surface area contributed by atoms with Gasteiger partial charge in [-0.1, -0.05) is 41.4 Å². The van der Waals surface area contributed by atoms with Crippen LogP contribution < -0.4 is 5.32 Å². The minimum Gasteiger partial charge on any atom is -0.381 e. The van der Waals surface area contributed by atoms with Gasteiger partial charge in [-0.25, -0.2) is 9.67 Å². The fraction of sp³-hybridized carbons (Fsp3) is 0.125.